The van der Waals surface area contributed by atoms with Crippen LogP contribution in [-0.2, 0) is 5.75 Å². The molecule has 1 saturated heterocycles. The van der Waals surface area contributed by atoms with Crippen LogP contribution in [0.4, 0.5) is 0 Å². The second-order valence-electron chi connectivity index (χ2n) is 4.11. The third kappa shape index (κ3) is 3.42. The van der Waals surface area contributed by atoms with Crippen LogP contribution < -0.4 is 10.1 Å². The number of thioether (sulfide) groups is 1. The van der Waals surface area contributed by atoms with Crippen LogP contribution in [0.3, 0.4) is 0 Å². The van der Waals surface area contributed by atoms with Crippen LogP contribution in [0.15, 0.2) is 24.3 Å². The van der Waals surface area contributed by atoms with Gasteiger partial charge in [0, 0.05) is 11.0 Å². The van der Waals surface area contributed by atoms with Gasteiger partial charge in [0.05, 0.1) is 7.11 Å². The maximum absolute atomic E-state index is 5.15. The van der Waals surface area contributed by atoms with E-state index in [0.29, 0.717) is 0 Å². The Kier molecular flexibility index (Phi) is 4.55. The normalized spacial score (nSPS) is 17.3. The van der Waals surface area contributed by atoms with Gasteiger partial charge in [-0.05, 0) is 43.6 Å². The van der Waals surface area contributed by atoms with Crippen molar-refractivity contribution in [2.45, 2.75) is 23.8 Å². The van der Waals surface area contributed by atoms with Gasteiger partial charge < -0.3 is 10.1 Å². The van der Waals surface area contributed by atoms with Gasteiger partial charge in [0.25, 0.3) is 0 Å². The van der Waals surface area contributed by atoms with Crippen molar-refractivity contribution in [2.24, 2.45) is 0 Å². The molecule has 1 aliphatic heterocycles. The van der Waals surface area contributed by atoms with E-state index in [1.54, 1.807) is 7.11 Å². The highest BCUT2D eigenvalue weighted by molar-refractivity contribution is 7.99. The molecular weight excluding hydrogens is 218 g/mol. The lowest BCUT2D eigenvalue weighted by Crippen LogP contribution is -2.29. The average Bonchev–Trinajstić information content (AvgIpc) is 2.38. The Balaban J connectivity index is 1.79. The van der Waals surface area contributed by atoms with Crippen LogP contribution in [0.5, 0.6) is 5.75 Å². The highest BCUT2D eigenvalue weighted by Gasteiger charge is 2.12. The summed E-state index contributed by atoms with van der Waals surface area (Å²) in [5, 5.41) is 4.23. The zero-order chi connectivity index (χ0) is 11.2. The summed E-state index contributed by atoms with van der Waals surface area (Å²) in [5.41, 5.74) is 1.39. The predicted octanol–water partition coefficient (Wildman–Crippen LogP) is 2.68. The maximum atomic E-state index is 5.15. The minimum absolute atomic E-state index is 0.836. The van der Waals surface area contributed by atoms with Crippen molar-refractivity contribution in [3.8, 4) is 5.75 Å². The minimum Gasteiger partial charge on any atom is -0.497 e. The number of hydrogen-bond donors (Lipinski definition) is 1. The molecule has 1 aliphatic rings. The molecule has 1 N–H and O–H groups in total. The van der Waals surface area contributed by atoms with Crippen molar-refractivity contribution in [1.82, 2.24) is 5.32 Å². The zero-order valence-electron chi connectivity index (χ0n) is 9.74. The number of rotatable bonds is 4. The lowest BCUT2D eigenvalue weighted by Gasteiger charge is -2.22. The Hall–Kier alpha value is -0.670. The number of piperidine rings is 1. The monoisotopic (exact) mass is 237 g/mol. The molecule has 0 saturated carbocycles. The summed E-state index contributed by atoms with van der Waals surface area (Å²) < 4.78 is 5.15. The maximum Gasteiger partial charge on any atom is 0.118 e. The molecule has 0 unspecified atom stereocenters. The molecule has 2 rings (SSSR count). The topological polar surface area (TPSA) is 21.3 Å². The number of hydrogen-bond acceptors (Lipinski definition) is 3. The van der Waals surface area contributed by atoms with Crippen LogP contribution in [0.1, 0.15) is 18.4 Å². The van der Waals surface area contributed by atoms with Gasteiger partial charge in [-0.2, -0.15) is 11.8 Å². The number of methoxy groups -OCH3 is 1. The summed E-state index contributed by atoms with van der Waals surface area (Å²) in [6.45, 7) is 2.36. The molecule has 1 aromatic carbocycles. The minimum atomic E-state index is 0.836. The van der Waals surface area contributed by atoms with E-state index in [1.165, 1.54) is 31.5 Å². The van der Waals surface area contributed by atoms with Crippen molar-refractivity contribution < 1.29 is 4.74 Å². The molecule has 3 heteroatoms. The molecule has 0 amide bonds. The van der Waals surface area contributed by atoms with E-state index in [2.05, 4.69) is 29.2 Å². The van der Waals surface area contributed by atoms with Crippen molar-refractivity contribution in [3.63, 3.8) is 0 Å². The van der Waals surface area contributed by atoms with Crippen molar-refractivity contribution >= 4 is 11.8 Å². The van der Waals surface area contributed by atoms with Gasteiger partial charge in [-0.25, -0.2) is 0 Å². The second kappa shape index (κ2) is 6.16. The summed E-state index contributed by atoms with van der Waals surface area (Å²) in [7, 11) is 1.71. The predicted molar refractivity (Wildman–Crippen MR) is 70.2 cm³/mol. The summed E-state index contributed by atoms with van der Waals surface area (Å²) in [5.74, 6) is 2.06. The highest BCUT2D eigenvalue weighted by atomic mass is 32.2. The van der Waals surface area contributed by atoms with Gasteiger partial charge >= 0.3 is 0 Å². The number of nitrogens with one attached hydrogen (secondary N) is 1. The largest absolute Gasteiger partial charge is 0.497 e. The second-order valence-corrected chi connectivity index (χ2v) is 5.40. The average molecular weight is 237 g/mol. The zero-order valence-corrected chi connectivity index (χ0v) is 10.6. The summed E-state index contributed by atoms with van der Waals surface area (Å²) in [6, 6.07) is 8.40. The highest BCUT2D eigenvalue weighted by Crippen LogP contribution is 2.25. The first-order valence-corrected chi connectivity index (χ1v) is 6.88. The molecule has 0 aliphatic carbocycles. The van der Waals surface area contributed by atoms with E-state index < -0.39 is 0 Å². The molecule has 0 spiro atoms. The lowest BCUT2D eigenvalue weighted by atomic mass is 10.2. The van der Waals surface area contributed by atoms with Crippen LogP contribution >= 0.6 is 11.8 Å². The fourth-order valence-electron chi connectivity index (χ4n) is 1.90. The summed E-state index contributed by atoms with van der Waals surface area (Å²) in [4.78, 5) is 0. The molecular formula is C13H19NOS. The summed E-state index contributed by atoms with van der Waals surface area (Å²) in [6.07, 6.45) is 2.61. The Bertz CT molecular complexity index is 306. The fraction of sp³-hybridized carbons (Fsp3) is 0.538. The molecule has 0 atom stereocenters. The molecule has 16 heavy (non-hydrogen) atoms. The molecule has 2 nitrogen and oxygen atoms in total. The molecule has 1 fully saturated rings. The molecule has 0 aromatic heterocycles. The SMILES string of the molecule is COc1ccc(CSC2CCNCC2)cc1. The molecule has 1 heterocycles. The van der Waals surface area contributed by atoms with E-state index in [9.17, 15) is 0 Å². The van der Waals surface area contributed by atoms with Gasteiger partial charge in [-0.1, -0.05) is 12.1 Å². The first-order valence-electron chi connectivity index (χ1n) is 5.84. The Morgan fingerprint density at radius 3 is 2.56 bits per heavy atom. The van der Waals surface area contributed by atoms with E-state index in [4.69, 9.17) is 4.74 Å². The van der Waals surface area contributed by atoms with Gasteiger partial charge in [0.1, 0.15) is 5.75 Å². The van der Waals surface area contributed by atoms with E-state index in [0.717, 1.165) is 16.8 Å². The lowest BCUT2D eigenvalue weighted by molar-refractivity contribution is 0.414. The van der Waals surface area contributed by atoms with Crippen molar-refractivity contribution in [2.75, 3.05) is 20.2 Å². The number of ether oxygens (including phenoxy) is 1. The smallest absolute Gasteiger partial charge is 0.118 e. The van der Waals surface area contributed by atoms with Gasteiger partial charge in [0.2, 0.25) is 0 Å². The molecule has 0 radical (unpaired) electrons. The van der Waals surface area contributed by atoms with Crippen molar-refractivity contribution in [1.29, 1.82) is 0 Å². The van der Waals surface area contributed by atoms with Gasteiger partial charge in [-0.3, -0.25) is 0 Å². The van der Waals surface area contributed by atoms with E-state index >= 15 is 0 Å². The van der Waals surface area contributed by atoms with Gasteiger partial charge in [-0.15, -0.1) is 0 Å². The van der Waals surface area contributed by atoms with Crippen molar-refractivity contribution in [3.05, 3.63) is 29.8 Å². The van der Waals surface area contributed by atoms with Crippen LogP contribution in [0, 0.1) is 0 Å². The van der Waals surface area contributed by atoms with E-state index in [-0.39, 0.29) is 0 Å². The third-order valence-corrected chi connectivity index (χ3v) is 4.37. The summed E-state index contributed by atoms with van der Waals surface area (Å²) >= 11 is 2.08. The molecule has 1 aromatic rings. The quantitative estimate of drug-likeness (QED) is 0.870. The fourth-order valence-corrected chi connectivity index (χ4v) is 3.09. The molecule has 88 valence electrons. The van der Waals surface area contributed by atoms with Crippen LogP contribution in [-0.4, -0.2) is 25.4 Å². The first kappa shape index (κ1) is 11.8. The van der Waals surface area contributed by atoms with Crippen LogP contribution in [0.25, 0.3) is 0 Å². The Labute approximate surface area is 102 Å². The Morgan fingerprint density at radius 1 is 1.25 bits per heavy atom. The van der Waals surface area contributed by atoms with Gasteiger partial charge in [0.15, 0.2) is 0 Å². The first-order chi connectivity index (χ1) is 7.88. The van der Waals surface area contributed by atoms with E-state index in [1.807, 2.05) is 12.1 Å². The molecule has 0 bridgehead atoms. The van der Waals surface area contributed by atoms with Crippen LogP contribution in [0.2, 0.25) is 0 Å². The number of benzene rings is 1. The Morgan fingerprint density at radius 2 is 1.94 bits per heavy atom. The third-order valence-electron chi connectivity index (χ3n) is 2.93. The standard InChI is InChI=1S/C13H19NOS/c1-15-12-4-2-11(3-5-12)10-16-13-6-8-14-9-7-13/h2-5,13-14H,6-10H2,1H3.